The average Bonchev–Trinajstić information content (AvgIpc) is 2.82. The molecule has 4 N–H and O–H groups in total. The molecular weight excluding hydrogens is 202 g/mol. The second kappa shape index (κ2) is 3.45. The van der Waals surface area contributed by atoms with Crippen LogP contribution < -0.4 is 5.73 Å². The molecule has 0 radical (unpaired) electrons. The van der Waals surface area contributed by atoms with Crippen molar-refractivity contribution in [1.82, 2.24) is 20.2 Å². The van der Waals surface area contributed by atoms with Gasteiger partial charge in [-0.05, 0) is 19.8 Å². The summed E-state index contributed by atoms with van der Waals surface area (Å²) in [6, 6.07) is 0.270. The number of imidazole rings is 1. The van der Waals surface area contributed by atoms with E-state index in [4.69, 9.17) is 5.73 Å². The number of aryl methyl sites for hydroxylation is 2. The fraction of sp³-hybridized carbons (Fsp3) is 0.455. The Morgan fingerprint density at radius 1 is 1.50 bits per heavy atom. The summed E-state index contributed by atoms with van der Waals surface area (Å²) in [6.07, 6.45) is 4.71. The monoisotopic (exact) mass is 217 g/mol. The summed E-state index contributed by atoms with van der Waals surface area (Å²) in [7, 11) is 0. The van der Waals surface area contributed by atoms with Gasteiger partial charge in [-0.3, -0.25) is 5.10 Å². The Morgan fingerprint density at radius 2 is 2.38 bits per heavy atom. The number of nitrogens with zero attached hydrogens (tertiary/aromatic N) is 2. The van der Waals surface area contributed by atoms with E-state index >= 15 is 0 Å². The maximum Gasteiger partial charge on any atom is 0.141 e. The van der Waals surface area contributed by atoms with Gasteiger partial charge < -0.3 is 10.7 Å². The Balaban J connectivity index is 2.02. The molecule has 5 nitrogen and oxygen atoms in total. The molecule has 16 heavy (non-hydrogen) atoms. The van der Waals surface area contributed by atoms with E-state index in [1.54, 1.807) is 6.20 Å². The number of rotatable bonds is 1. The van der Waals surface area contributed by atoms with Crippen molar-refractivity contribution in [2.75, 3.05) is 0 Å². The van der Waals surface area contributed by atoms with Gasteiger partial charge in [-0.2, -0.15) is 5.10 Å². The molecule has 2 aromatic rings. The molecule has 0 saturated heterocycles. The van der Waals surface area contributed by atoms with Gasteiger partial charge in [0.2, 0.25) is 0 Å². The first-order chi connectivity index (χ1) is 7.74. The number of nitrogens with one attached hydrogen (secondary N) is 2. The number of H-pyrrole nitrogens is 2. The maximum atomic E-state index is 5.94. The zero-order chi connectivity index (χ0) is 11.1. The number of nitrogens with two attached hydrogens (primary N) is 1. The van der Waals surface area contributed by atoms with Crippen LogP contribution in [0.25, 0.3) is 11.4 Å². The molecule has 2 aromatic heterocycles. The van der Waals surface area contributed by atoms with Crippen molar-refractivity contribution in [2.45, 2.75) is 32.2 Å². The number of aromatic amines is 2. The molecule has 1 atom stereocenters. The van der Waals surface area contributed by atoms with Crippen molar-refractivity contribution in [3.63, 3.8) is 0 Å². The first kappa shape index (κ1) is 9.59. The molecule has 3 rings (SSSR count). The van der Waals surface area contributed by atoms with Gasteiger partial charge in [0.05, 0.1) is 17.5 Å². The first-order valence-electron chi connectivity index (χ1n) is 5.57. The lowest BCUT2D eigenvalue weighted by molar-refractivity contribution is 0.565. The fourth-order valence-corrected chi connectivity index (χ4v) is 2.22. The van der Waals surface area contributed by atoms with Crippen LogP contribution in [-0.2, 0) is 12.8 Å². The van der Waals surface area contributed by atoms with Gasteiger partial charge in [0.1, 0.15) is 5.82 Å². The Labute approximate surface area is 93.5 Å². The van der Waals surface area contributed by atoms with E-state index in [1.807, 2.05) is 6.92 Å². The normalized spacial score (nSPS) is 19.8. The molecular formula is C11H15N5. The SMILES string of the molecule is Cc1[nH]ncc1-c1nc2c([nH]1)CC(N)CC2. The molecule has 1 unspecified atom stereocenters. The minimum atomic E-state index is 0.270. The smallest absolute Gasteiger partial charge is 0.141 e. The van der Waals surface area contributed by atoms with E-state index in [-0.39, 0.29) is 6.04 Å². The summed E-state index contributed by atoms with van der Waals surface area (Å²) in [4.78, 5) is 7.97. The molecule has 0 fully saturated rings. The van der Waals surface area contributed by atoms with Gasteiger partial charge in [0.15, 0.2) is 0 Å². The molecule has 2 heterocycles. The van der Waals surface area contributed by atoms with Crippen molar-refractivity contribution in [3.8, 4) is 11.4 Å². The first-order valence-corrected chi connectivity index (χ1v) is 5.57. The van der Waals surface area contributed by atoms with Crippen LogP contribution in [0.3, 0.4) is 0 Å². The predicted molar refractivity (Wildman–Crippen MR) is 60.9 cm³/mol. The summed E-state index contributed by atoms with van der Waals surface area (Å²) in [6.45, 7) is 2.00. The van der Waals surface area contributed by atoms with Gasteiger partial charge in [-0.25, -0.2) is 4.98 Å². The number of hydrogen-bond acceptors (Lipinski definition) is 3. The van der Waals surface area contributed by atoms with Crippen LogP contribution in [0.4, 0.5) is 0 Å². The van der Waals surface area contributed by atoms with Crippen molar-refractivity contribution in [3.05, 3.63) is 23.3 Å². The Kier molecular flexibility index (Phi) is 2.07. The molecule has 5 heteroatoms. The summed E-state index contributed by atoms with van der Waals surface area (Å²) in [5.74, 6) is 0.908. The molecule has 0 saturated carbocycles. The second-order valence-electron chi connectivity index (χ2n) is 4.42. The topological polar surface area (TPSA) is 83.4 Å². The van der Waals surface area contributed by atoms with Crippen molar-refractivity contribution in [1.29, 1.82) is 0 Å². The molecule has 0 amide bonds. The molecule has 1 aliphatic rings. The third-order valence-electron chi connectivity index (χ3n) is 3.17. The number of hydrogen-bond donors (Lipinski definition) is 3. The summed E-state index contributed by atoms with van der Waals surface area (Å²) in [5, 5.41) is 6.93. The second-order valence-corrected chi connectivity index (χ2v) is 4.42. The highest BCUT2D eigenvalue weighted by Crippen LogP contribution is 2.24. The predicted octanol–water partition coefficient (Wildman–Crippen LogP) is 0.924. The summed E-state index contributed by atoms with van der Waals surface area (Å²) < 4.78 is 0. The molecule has 1 aliphatic carbocycles. The molecule has 0 bridgehead atoms. The van der Waals surface area contributed by atoms with Crippen LogP contribution in [0.1, 0.15) is 23.5 Å². The zero-order valence-electron chi connectivity index (χ0n) is 9.25. The van der Waals surface area contributed by atoms with Crippen molar-refractivity contribution < 1.29 is 0 Å². The van der Waals surface area contributed by atoms with Crippen molar-refractivity contribution >= 4 is 0 Å². The highest BCUT2D eigenvalue weighted by atomic mass is 15.1. The standard InChI is InChI=1S/C11H15N5/c1-6-8(5-13-16-6)11-14-9-3-2-7(12)4-10(9)15-11/h5,7H,2-4,12H2,1H3,(H,13,16)(H,14,15). The van der Waals surface area contributed by atoms with Gasteiger partial charge >= 0.3 is 0 Å². The molecule has 0 aliphatic heterocycles. The lowest BCUT2D eigenvalue weighted by Gasteiger charge is -2.15. The lowest BCUT2D eigenvalue weighted by atomic mass is 9.97. The van der Waals surface area contributed by atoms with E-state index in [1.165, 1.54) is 5.69 Å². The minimum absolute atomic E-state index is 0.270. The van der Waals surface area contributed by atoms with Crippen molar-refractivity contribution in [2.24, 2.45) is 5.73 Å². The molecule has 0 aromatic carbocycles. The van der Waals surface area contributed by atoms with Crippen LogP contribution in [-0.4, -0.2) is 26.2 Å². The third kappa shape index (κ3) is 1.44. The maximum absolute atomic E-state index is 5.94. The number of aromatic nitrogens is 4. The highest BCUT2D eigenvalue weighted by molar-refractivity contribution is 5.57. The largest absolute Gasteiger partial charge is 0.341 e. The number of fused-ring (bicyclic) bond motifs is 1. The van der Waals surface area contributed by atoms with Crippen LogP contribution in [0.5, 0.6) is 0 Å². The van der Waals surface area contributed by atoms with Crippen LogP contribution in [0.2, 0.25) is 0 Å². The molecule has 84 valence electrons. The third-order valence-corrected chi connectivity index (χ3v) is 3.17. The summed E-state index contributed by atoms with van der Waals surface area (Å²) in [5.41, 5.74) is 10.4. The average molecular weight is 217 g/mol. The fourth-order valence-electron chi connectivity index (χ4n) is 2.22. The van der Waals surface area contributed by atoms with Gasteiger partial charge in [-0.15, -0.1) is 0 Å². The Hall–Kier alpha value is -1.62. The van der Waals surface area contributed by atoms with E-state index in [0.29, 0.717) is 0 Å². The van der Waals surface area contributed by atoms with Crippen LogP contribution >= 0.6 is 0 Å². The quantitative estimate of drug-likeness (QED) is 0.664. The van der Waals surface area contributed by atoms with Gasteiger partial charge in [0.25, 0.3) is 0 Å². The van der Waals surface area contributed by atoms with Crippen LogP contribution in [0.15, 0.2) is 6.20 Å². The van der Waals surface area contributed by atoms with Crippen LogP contribution in [0, 0.1) is 6.92 Å². The van der Waals surface area contributed by atoms with E-state index < -0.39 is 0 Å². The molecule has 0 spiro atoms. The lowest BCUT2D eigenvalue weighted by Crippen LogP contribution is -2.27. The Bertz CT molecular complexity index is 510. The van der Waals surface area contributed by atoms with E-state index in [2.05, 4.69) is 20.2 Å². The highest BCUT2D eigenvalue weighted by Gasteiger charge is 2.20. The summed E-state index contributed by atoms with van der Waals surface area (Å²) >= 11 is 0. The van der Waals surface area contributed by atoms with E-state index in [0.717, 1.165) is 42.0 Å². The zero-order valence-corrected chi connectivity index (χ0v) is 9.25. The van der Waals surface area contributed by atoms with E-state index in [9.17, 15) is 0 Å². The minimum Gasteiger partial charge on any atom is -0.341 e. The Morgan fingerprint density at radius 3 is 3.12 bits per heavy atom. The van der Waals surface area contributed by atoms with Gasteiger partial charge in [-0.1, -0.05) is 0 Å². The van der Waals surface area contributed by atoms with Gasteiger partial charge in [0, 0.05) is 23.9 Å².